The normalized spacial score (nSPS) is 20.8. The summed E-state index contributed by atoms with van der Waals surface area (Å²) in [6, 6.07) is 8.04. The van der Waals surface area contributed by atoms with Gasteiger partial charge >= 0.3 is 0 Å². The van der Waals surface area contributed by atoms with E-state index in [-0.39, 0.29) is 6.04 Å². The fourth-order valence-electron chi connectivity index (χ4n) is 2.59. The lowest BCUT2D eigenvalue weighted by Gasteiger charge is -2.27. The number of hydrogen-bond acceptors (Lipinski definition) is 3. The maximum Gasteiger partial charge on any atom is 0.216 e. The average Bonchev–Trinajstić information content (AvgIpc) is 2.39. The molecule has 0 bridgehead atoms. The standard InChI is InChI=1S/C14H22N2O2S/c1-11(10-15-2)19(17,18)16-14-9-5-7-12-6-3-4-8-13(12)14/h3-4,6,8,11,14-16H,5,7,9-10H2,1-2H3. The third-order valence-corrected chi connectivity index (χ3v) is 5.54. The molecule has 4 nitrogen and oxygen atoms in total. The molecule has 0 amide bonds. The molecule has 2 atom stereocenters. The molecule has 1 aromatic carbocycles. The monoisotopic (exact) mass is 282 g/mol. The van der Waals surface area contributed by atoms with Crippen molar-refractivity contribution in [1.82, 2.24) is 10.0 Å². The van der Waals surface area contributed by atoms with Crippen molar-refractivity contribution in [2.24, 2.45) is 0 Å². The van der Waals surface area contributed by atoms with Gasteiger partial charge in [0.1, 0.15) is 0 Å². The minimum atomic E-state index is -3.28. The van der Waals surface area contributed by atoms with Crippen LogP contribution >= 0.6 is 0 Å². The van der Waals surface area contributed by atoms with E-state index in [2.05, 4.69) is 16.1 Å². The van der Waals surface area contributed by atoms with Gasteiger partial charge in [0.15, 0.2) is 0 Å². The second-order valence-electron chi connectivity index (χ2n) is 5.17. The summed E-state index contributed by atoms with van der Waals surface area (Å²) in [5, 5.41) is 2.49. The van der Waals surface area contributed by atoms with Crippen LogP contribution in [-0.4, -0.2) is 27.3 Å². The van der Waals surface area contributed by atoms with Crippen molar-refractivity contribution < 1.29 is 8.42 Å². The number of nitrogens with one attached hydrogen (secondary N) is 2. The smallest absolute Gasteiger partial charge is 0.216 e. The van der Waals surface area contributed by atoms with Crippen LogP contribution < -0.4 is 10.0 Å². The molecule has 2 rings (SSSR count). The zero-order valence-corrected chi connectivity index (χ0v) is 12.3. The van der Waals surface area contributed by atoms with Crippen molar-refractivity contribution in [2.75, 3.05) is 13.6 Å². The van der Waals surface area contributed by atoms with Crippen LogP contribution in [0.4, 0.5) is 0 Å². The van der Waals surface area contributed by atoms with Gasteiger partial charge in [-0.2, -0.15) is 0 Å². The van der Waals surface area contributed by atoms with Crippen LogP contribution in [0.1, 0.15) is 36.9 Å². The van der Waals surface area contributed by atoms with Crippen molar-refractivity contribution in [3.63, 3.8) is 0 Å². The Bertz CT molecular complexity index is 528. The number of aryl methyl sites for hydroxylation is 1. The molecule has 0 saturated heterocycles. The van der Waals surface area contributed by atoms with Gasteiger partial charge in [0.25, 0.3) is 0 Å². The molecule has 5 heteroatoms. The quantitative estimate of drug-likeness (QED) is 0.862. The Kier molecular flexibility index (Phi) is 4.60. The van der Waals surface area contributed by atoms with Gasteiger partial charge in [0, 0.05) is 12.6 Å². The fraction of sp³-hybridized carbons (Fsp3) is 0.571. The van der Waals surface area contributed by atoms with Crippen LogP contribution in [0.3, 0.4) is 0 Å². The Hall–Kier alpha value is -0.910. The van der Waals surface area contributed by atoms with Gasteiger partial charge in [-0.1, -0.05) is 24.3 Å². The first kappa shape index (κ1) is 14.5. The van der Waals surface area contributed by atoms with Gasteiger partial charge in [-0.25, -0.2) is 13.1 Å². The SMILES string of the molecule is CNCC(C)S(=O)(=O)NC1CCCc2ccccc21. The molecule has 0 saturated carbocycles. The number of sulfonamides is 1. The summed E-state index contributed by atoms with van der Waals surface area (Å²) >= 11 is 0. The highest BCUT2D eigenvalue weighted by molar-refractivity contribution is 7.90. The van der Waals surface area contributed by atoms with E-state index in [9.17, 15) is 8.42 Å². The number of hydrogen-bond donors (Lipinski definition) is 2. The molecule has 1 aromatic rings. The van der Waals surface area contributed by atoms with E-state index < -0.39 is 15.3 Å². The Labute approximate surface area is 115 Å². The molecule has 0 heterocycles. The summed E-state index contributed by atoms with van der Waals surface area (Å²) in [4.78, 5) is 0. The van der Waals surface area contributed by atoms with Crippen LogP contribution in [0, 0.1) is 0 Å². The Balaban J connectivity index is 2.17. The van der Waals surface area contributed by atoms with Crippen LogP contribution in [0.5, 0.6) is 0 Å². The lowest BCUT2D eigenvalue weighted by molar-refractivity contribution is 0.499. The Morgan fingerprint density at radius 1 is 1.37 bits per heavy atom. The molecule has 0 spiro atoms. The third kappa shape index (κ3) is 3.35. The predicted octanol–water partition coefficient (Wildman–Crippen LogP) is 1.59. The minimum absolute atomic E-state index is 0.0748. The van der Waals surface area contributed by atoms with Gasteiger partial charge in [-0.3, -0.25) is 0 Å². The molecular weight excluding hydrogens is 260 g/mol. The highest BCUT2D eigenvalue weighted by Gasteiger charge is 2.27. The van der Waals surface area contributed by atoms with E-state index in [4.69, 9.17) is 0 Å². The van der Waals surface area contributed by atoms with Gasteiger partial charge < -0.3 is 5.32 Å². The van der Waals surface area contributed by atoms with Crippen molar-refractivity contribution >= 4 is 10.0 Å². The van der Waals surface area contributed by atoms with Crippen LogP contribution in [-0.2, 0) is 16.4 Å². The minimum Gasteiger partial charge on any atom is -0.318 e. The molecule has 0 fully saturated rings. The van der Waals surface area contributed by atoms with E-state index in [1.807, 2.05) is 18.2 Å². The molecule has 0 aromatic heterocycles. The highest BCUT2D eigenvalue weighted by Crippen LogP contribution is 2.30. The first-order valence-corrected chi connectivity index (χ1v) is 8.33. The van der Waals surface area contributed by atoms with Crippen molar-refractivity contribution in [3.8, 4) is 0 Å². The summed E-state index contributed by atoms with van der Waals surface area (Å²) in [7, 11) is -1.51. The van der Waals surface area contributed by atoms with Gasteiger partial charge in [0.05, 0.1) is 5.25 Å². The topological polar surface area (TPSA) is 58.2 Å². The summed E-state index contributed by atoms with van der Waals surface area (Å²) in [6.07, 6.45) is 2.95. The maximum absolute atomic E-state index is 12.2. The van der Waals surface area contributed by atoms with Crippen molar-refractivity contribution in [3.05, 3.63) is 35.4 Å². The molecule has 2 unspecified atom stereocenters. The first-order valence-electron chi connectivity index (χ1n) is 6.78. The van der Waals surface area contributed by atoms with E-state index in [0.717, 1.165) is 24.8 Å². The third-order valence-electron chi connectivity index (χ3n) is 3.70. The van der Waals surface area contributed by atoms with Gasteiger partial charge in [0.2, 0.25) is 10.0 Å². The lowest BCUT2D eigenvalue weighted by Crippen LogP contribution is -2.40. The Morgan fingerprint density at radius 2 is 2.11 bits per heavy atom. The summed E-state index contributed by atoms with van der Waals surface area (Å²) < 4.78 is 27.4. The largest absolute Gasteiger partial charge is 0.318 e. The van der Waals surface area contributed by atoms with Crippen molar-refractivity contribution in [2.45, 2.75) is 37.5 Å². The second kappa shape index (κ2) is 6.03. The summed E-state index contributed by atoms with van der Waals surface area (Å²) in [6.45, 7) is 2.19. The summed E-state index contributed by atoms with van der Waals surface area (Å²) in [5.41, 5.74) is 2.40. The second-order valence-corrected chi connectivity index (χ2v) is 7.31. The number of fused-ring (bicyclic) bond motifs is 1. The van der Waals surface area contributed by atoms with E-state index >= 15 is 0 Å². The molecule has 106 valence electrons. The first-order chi connectivity index (χ1) is 9.04. The zero-order chi connectivity index (χ0) is 13.9. The van der Waals surface area contributed by atoms with E-state index in [1.165, 1.54) is 5.56 Å². The molecule has 19 heavy (non-hydrogen) atoms. The molecular formula is C14H22N2O2S. The van der Waals surface area contributed by atoms with E-state index in [1.54, 1.807) is 14.0 Å². The summed E-state index contributed by atoms with van der Waals surface area (Å²) in [5.74, 6) is 0. The lowest BCUT2D eigenvalue weighted by atomic mass is 9.88. The maximum atomic E-state index is 12.2. The van der Waals surface area contributed by atoms with Crippen LogP contribution in [0.25, 0.3) is 0 Å². The highest BCUT2D eigenvalue weighted by atomic mass is 32.2. The molecule has 2 N–H and O–H groups in total. The zero-order valence-electron chi connectivity index (χ0n) is 11.5. The fourth-order valence-corrected chi connectivity index (χ4v) is 3.85. The molecule has 1 aliphatic carbocycles. The predicted molar refractivity (Wildman–Crippen MR) is 77.6 cm³/mol. The van der Waals surface area contributed by atoms with Gasteiger partial charge in [-0.15, -0.1) is 0 Å². The average molecular weight is 282 g/mol. The number of rotatable bonds is 5. The molecule has 1 aliphatic rings. The van der Waals surface area contributed by atoms with Gasteiger partial charge in [-0.05, 0) is 44.4 Å². The van der Waals surface area contributed by atoms with Crippen molar-refractivity contribution in [1.29, 1.82) is 0 Å². The molecule has 0 aliphatic heterocycles. The Morgan fingerprint density at radius 3 is 2.84 bits per heavy atom. The molecule has 0 radical (unpaired) electrons. The van der Waals surface area contributed by atoms with Crippen LogP contribution in [0.15, 0.2) is 24.3 Å². The van der Waals surface area contributed by atoms with E-state index in [0.29, 0.717) is 6.54 Å². The van der Waals surface area contributed by atoms with Crippen LogP contribution in [0.2, 0.25) is 0 Å². The number of benzene rings is 1.